The number of benzene rings is 1. The van der Waals surface area contributed by atoms with Crippen LogP contribution in [0, 0.1) is 12.8 Å². The SMILES string of the molecule is Cc1ccccc1N1CCN(C(=O)C2CCCN(c3cnn(C)c(=O)c3)C2)CC1. The first-order valence-electron chi connectivity index (χ1n) is 10.4. The van der Waals surface area contributed by atoms with Gasteiger partial charge in [0, 0.05) is 58.1 Å². The predicted molar refractivity (Wildman–Crippen MR) is 114 cm³/mol. The van der Waals surface area contributed by atoms with E-state index in [1.54, 1.807) is 19.3 Å². The molecule has 2 fully saturated rings. The van der Waals surface area contributed by atoms with Crippen molar-refractivity contribution in [1.29, 1.82) is 0 Å². The highest BCUT2D eigenvalue weighted by Gasteiger charge is 2.31. The fourth-order valence-electron chi connectivity index (χ4n) is 4.39. The zero-order valence-corrected chi connectivity index (χ0v) is 17.3. The minimum absolute atomic E-state index is 0.0159. The maximum absolute atomic E-state index is 13.2. The number of rotatable bonds is 3. The number of aryl methyl sites for hydroxylation is 2. The summed E-state index contributed by atoms with van der Waals surface area (Å²) in [4.78, 5) is 31.6. The van der Waals surface area contributed by atoms with Crippen LogP contribution in [-0.4, -0.2) is 59.9 Å². The van der Waals surface area contributed by atoms with E-state index in [9.17, 15) is 9.59 Å². The summed E-state index contributed by atoms with van der Waals surface area (Å²) in [6.07, 6.45) is 3.58. The Labute approximate surface area is 171 Å². The molecule has 7 nitrogen and oxygen atoms in total. The standard InChI is InChI=1S/C22H29N5O2/c1-17-6-3-4-8-20(17)25-10-12-26(13-11-25)22(29)18-7-5-9-27(16-18)19-14-21(28)24(2)23-15-19/h3-4,6,8,14-15,18H,5,7,9-13,16H2,1-2H3. The van der Waals surface area contributed by atoms with E-state index >= 15 is 0 Å². The van der Waals surface area contributed by atoms with E-state index in [1.165, 1.54) is 15.9 Å². The molecular weight excluding hydrogens is 366 g/mol. The molecule has 0 radical (unpaired) electrons. The van der Waals surface area contributed by atoms with Crippen molar-refractivity contribution in [2.45, 2.75) is 19.8 Å². The number of aromatic nitrogens is 2. The molecule has 1 aromatic heterocycles. The lowest BCUT2D eigenvalue weighted by atomic mass is 9.95. The second-order valence-electron chi connectivity index (χ2n) is 8.06. The molecule has 2 aliphatic heterocycles. The summed E-state index contributed by atoms with van der Waals surface area (Å²) in [6.45, 7) is 6.91. The Bertz CT molecular complexity index is 933. The molecule has 0 aliphatic carbocycles. The molecule has 1 amide bonds. The molecule has 2 aromatic rings. The molecule has 0 spiro atoms. The number of carbonyl (C=O) groups is 1. The van der Waals surface area contributed by atoms with E-state index in [2.05, 4.69) is 46.1 Å². The quantitative estimate of drug-likeness (QED) is 0.791. The first kappa shape index (κ1) is 19.5. The van der Waals surface area contributed by atoms with Crippen LogP contribution in [0.3, 0.4) is 0 Å². The molecule has 3 heterocycles. The number of piperidine rings is 1. The summed E-state index contributed by atoms with van der Waals surface area (Å²) in [6, 6.07) is 10.0. The van der Waals surface area contributed by atoms with Crippen LogP contribution < -0.4 is 15.4 Å². The van der Waals surface area contributed by atoms with Crippen LogP contribution >= 0.6 is 0 Å². The fraction of sp³-hybridized carbons (Fsp3) is 0.500. The van der Waals surface area contributed by atoms with Gasteiger partial charge in [-0.25, -0.2) is 4.68 Å². The zero-order chi connectivity index (χ0) is 20.4. The van der Waals surface area contributed by atoms with E-state index in [0.717, 1.165) is 51.3 Å². The lowest BCUT2D eigenvalue weighted by Crippen LogP contribution is -2.52. The van der Waals surface area contributed by atoms with Crippen LogP contribution in [0.15, 0.2) is 41.3 Å². The molecular formula is C22H29N5O2. The van der Waals surface area contributed by atoms with E-state index < -0.39 is 0 Å². The van der Waals surface area contributed by atoms with Gasteiger partial charge in [-0.05, 0) is 31.4 Å². The molecule has 7 heteroatoms. The number of hydrogen-bond donors (Lipinski definition) is 0. The summed E-state index contributed by atoms with van der Waals surface area (Å²) in [7, 11) is 1.64. The van der Waals surface area contributed by atoms with E-state index in [4.69, 9.17) is 0 Å². The first-order chi connectivity index (χ1) is 14.0. The largest absolute Gasteiger partial charge is 0.369 e. The lowest BCUT2D eigenvalue weighted by Gasteiger charge is -2.40. The minimum Gasteiger partial charge on any atom is -0.369 e. The van der Waals surface area contributed by atoms with Gasteiger partial charge in [-0.15, -0.1) is 0 Å². The first-order valence-corrected chi connectivity index (χ1v) is 10.4. The van der Waals surface area contributed by atoms with Crippen LogP contribution in [-0.2, 0) is 11.8 Å². The van der Waals surface area contributed by atoms with E-state index in [0.29, 0.717) is 6.54 Å². The Morgan fingerprint density at radius 1 is 1.07 bits per heavy atom. The summed E-state index contributed by atoms with van der Waals surface area (Å²) in [5.74, 6) is 0.230. The normalized spacial score (nSPS) is 20.1. The van der Waals surface area contributed by atoms with Crippen molar-refractivity contribution in [3.05, 3.63) is 52.4 Å². The van der Waals surface area contributed by atoms with Gasteiger partial charge in [0.05, 0.1) is 17.8 Å². The molecule has 2 aliphatic rings. The number of carbonyl (C=O) groups excluding carboxylic acids is 1. The van der Waals surface area contributed by atoms with E-state index in [-0.39, 0.29) is 17.4 Å². The van der Waals surface area contributed by atoms with Crippen molar-refractivity contribution in [2.24, 2.45) is 13.0 Å². The van der Waals surface area contributed by atoms with Crippen LogP contribution in [0.2, 0.25) is 0 Å². The number of para-hydroxylation sites is 1. The number of amides is 1. The Balaban J connectivity index is 1.38. The third-order valence-electron chi connectivity index (χ3n) is 6.14. The highest BCUT2D eigenvalue weighted by Crippen LogP contribution is 2.25. The summed E-state index contributed by atoms with van der Waals surface area (Å²) >= 11 is 0. The second-order valence-corrected chi connectivity index (χ2v) is 8.06. The van der Waals surface area contributed by atoms with Crippen LogP contribution in [0.4, 0.5) is 11.4 Å². The third kappa shape index (κ3) is 4.13. The maximum Gasteiger partial charge on any atom is 0.268 e. The van der Waals surface area contributed by atoms with Crippen LogP contribution in [0.25, 0.3) is 0 Å². The van der Waals surface area contributed by atoms with E-state index in [1.807, 2.05) is 4.90 Å². The van der Waals surface area contributed by atoms with Crippen molar-refractivity contribution in [3.63, 3.8) is 0 Å². The smallest absolute Gasteiger partial charge is 0.268 e. The van der Waals surface area contributed by atoms with Crippen LogP contribution in [0.1, 0.15) is 18.4 Å². The molecule has 154 valence electrons. The van der Waals surface area contributed by atoms with Gasteiger partial charge in [0.25, 0.3) is 5.56 Å². The molecule has 0 bridgehead atoms. The molecule has 0 saturated carbocycles. The Kier molecular flexibility index (Phi) is 5.56. The van der Waals surface area contributed by atoms with Gasteiger partial charge >= 0.3 is 0 Å². The van der Waals surface area contributed by atoms with Crippen molar-refractivity contribution in [3.8, 4) is 0 Å². The molecule has 1 unspecified atom stereocenters. The predicted octanol–water partition coefficient (Wildman–Crippen LogP) is 1.65. The van der Waals surface area contributed by atoms with Gasteiger partial charge < -0.3 is 14.7 Å². The van der Waals surface area contributed by atoms with Crippen LogP contribution in [0.5, 0.6) is 0 Å². The van der Waals surface area contributed by atoms with Gasteiger partial charge in [0.2, 0.25) is 5.91 Å². The molecule has 0 N–H and O–H groups in total. The maximum atomic E-state index is 13.2. The molecule has 1 atom stereocenters. The number of anilines is 2. The number of nitrogens with zero attached hydrogens (tertiary/aromatic N) is 5. The zero-order valence-electron chi connectivity index (χ0n) is 17.3. The summed E-state index contributed by atoms with van der Waals surface area (Å²) < 4.78 is 1.32. The monoisotopic (exact) mass is 395 g/mol. The Hall–Kier alpha value is -2.83. The van der Waals surface area contributed by atoms with Gasteiger partial charge in [0.15, 0.2) is 0 Å². The highest BCUT2D eigenvalue weighted by molar-refractivity contribution is 5.80. The summed E-state index contributed by atoms with van der Waals surface area (Å²) in [5, 5.41) is 4.12. The van der Waals surface area contributed by atoms with Crippen molar-refractivity contribution in [1.82, 2.24) is 14.7 Å². The second kappa shape index (κ2) is 8.27. The van der Waals surface area contributed by atoms with Gasteiger partial charge in [-0.3, -0.25) is 9.59 Å². The molecule has 2 saturated heterocycles. The lowest BCUT2D eigenvalue weighted by molar-refractivity contribution is -0.136. The molecule has 29 heavy (non-hydrogen) atoms. The number of piperazine rings is 1. The van der Waals surface area contributed by atoms with Crippen molar-refractivity contribution < 1.29 is 4.79 Å². The van der Waals surface area contributed by atoms with Gasteiger partial charge in [-0.1, -0.05) is 18.2 Å². The average molecular weight is 396 g/mol. The highest BCUT2D eigenvalue weighted by atomic mass is 16.2. The topological polar surface area (TPSA) is 61.7 Å². The Morgan fingerprint density at radius 2 is 1.83 bits per heavy atom. The third-order valence-corrected chi connectivity index (χ3v) is 6.14. The van der Waals surface area contributed by atoms with Gasteiger partial charge in [0.1, 0.15) is 0 Å². The molecule has 4 rings (SSSR count). The van der Waals surface area contributed by atoms with Crippen molar-refractivity contribution >= 4 is 17.3 Å². The molecule has 1 aromatic carbocycles. The van der Waals surface area contributed by atoms with Crippen molar-refractivity contribution in [2.75, 3.05) is 49.1 Å². The fourth-order valence-corrected chi connectivity index (χ4v) is 4.39. The number of hydrogen-bond acceptors (Lipinski definition) is 5. The Morgan fingerprint density at radius 3 is 2.55 bits per heavy atom. The summed E-state index contributed by atoms with van der Waals surface area (Å²) in [5.41, 5.74) is 3.23. The van der Waals surface area contributed by atoms with Gasteiger partial charge in [-0.2, -0.15) is 5.10 Å². The minimum atomic E-state index is -0.122. The average Bonchev–Trinajstić information content (AvgIpc) is 2.76.